The minimum atomic E-state index is -2.24. The summed E-state index contributed by atoms with van der Waals surface area (Å²) in [6, 6.07) is 14.9. The Hall–Kier alpha value is -2.88. The zero-order valence-electron chi connectivity index (χ0n) is 24.2. The molecule has 1 saturated heterocycles. The van der Waals surface area contributed by atoms with Crippen LogP contribution in [0.3, 0.4) is 0 Å². The van der Waals surface area contributed by atoms with E-state index in [1.807, 2.05) is 36.4 Å². The molecule has 0 bridgehead atoms. The highest BCUT2D eigenvalue weighted by Crippen LogP contribution is 2.42. The highest BCUT2D eigenvalue weighted by molar-refractivity contribution is 6.74. The van der Waals surface area contributed by atoms with Gasteiger partial charge in [-0.3, -0.25) is 4.79 Å². The molecule has 39 heavy (non-hydrogen) atoms. The van der Waals surface area contributed by atoms with Crippen molar-refractivity contribution in [2.45, 2.75) is 70.8 Å². The number of rotatable bonds is 10. The minimum absolute atomic E-state index is 0.0117. The number of hydrogen-bond donors (Lipinski definition) is 1. The second-order valence-corrected chi connectivity index (χ2v) is 16.6. The topological polar surface area (TPSA) is 81.6 Å². The molecule has 2 atom stereocenters. The van der Waals surface area contributed by atoms with Crippen LogP contribution in [0.5, 0.6) is 17.2 Å². The molecular weight excluding hydrogens is 510 g/mol. The van der Waals surface area contributed by atoms with E-state index >= 15 is 0 Å². The Balaban J connectivity index is 1.65. The fourth-order valence-corrected chi connectivity index (χ4v) is 5.78. The molecule has 0 unspecified atom stereocenters. The van der Waals surface area contributed by atoms with Gasteiger partial charge in [-0.1, -0.05) is 50.2 Å². The van der Waals surface area contributed by atoms with Gasteiger partial charge in [-0.2, -0.15) is 0 Å². The molecular formula is C30H43N3O5Si. The Kier molecular flexibility index (Phi) is 9.35. The lowest BCUT2D eigenvalue weighted by atomic mass is 10.0. The zero-order valence-corrected chi connectivity index (χ0v) is 25.2. The van der Waals surface area contributed by atoms with Gasteiger partial charge in [-0.05, 0) is 80.8 Å². The van der Waals surface area contributed by atoms with Gasteiger partial charge in [-0.25, -0.2) is 0 Å². The van der Waals surface area contributed by atoms with Crippen molar-refractivity contribution in [2.75, 3.05) is 32.8 Å². The molecule has 4 rings (SSSR count). The highest BCUT2D eigenvalue weighted by Gasteiger charge is 2.42. The molecule has 2 aliphatic rings. The third-order valence-electron chi connectivity index (χ3n) is 7.82. The van der Waals surface area contributed by atoms with Crippen molar-refractivity contribution >= 4 is 19.9 Å². The quantitative estimate of drug-likeness (QED) is 0.236. The first-order valence-electron chi connectivity index (χ1n) is 13.9. The van der Waals surface area contributed by atoms with E-state index < -0.39 is 8.32 Å². The van der Waals surface area contributed by atoms with Crippen LogP contribution < -0.4 is 19.6 Å². The van der Waals surface area contributed by atoms with E-state index in [1.165, 1.54) is 0 Å². The van der Waals surface area contributed by atoms with Crippen LogP contribution in [0.25, 0.3) is 0 Å². The molecule has 2 aromatic carbocycles. The summed E-state index contributed by atoms with van der Waals surface area (Å²) in [5.74, 6) is 1.74. The normalized spacial score (nSPS) is 17.9. The molecule has 0 aromatic heterocycles. The van der Waals surface area contributed by atoms with Gasteiger partial charge >= 0.3 is 0 Å². The van der Waals surface area contributed by atoms with Crippen molar-refractivity contribution in [3.63, 3.8) is 0 Å². The molecule has 2 aromatic rings. The molecule has 0 spiro atoms. The average molecular weight is 554 g/mol. The van der Waals surface area contributed by atoms with Gasteiger partial charge in [-0.15, -0.1) is 0 Å². The van der Waals surface area contributed by atoms with E-state index in [0.717, 1.165) is 37.2 Å². The summed E-state index contributed by atoms with van der Waals surface area (Å²) in [4.78, 5) is 21.3. The smallest absolute Gasteiger partial charge is 0.269 e. The summed E-state index contributed by atoms with van der Waals surface area (Å²) >= 11 is 0. The number of likely N-dealkylation sites (tertiary alicyclic amines) is 1. The molecule has 0 radical (unpaired) electrons. The molecule has 1 fully saturated rings. The number of benzene rings is 2. The molecule has 1 amide bonds. The Morgan fingerprint density at radius 3 is 2.38 bits per heavy atom. The Bertz CT molecular complexity index is 1140. The largest absolute Gasteiger partial charge is 0.486 e. The second kappa shape index (κ2) is 12.5. The van der Waals surface area contributed by atoms with E-state index in [-0.39, 0.29) is 28.8 Å². The fourth-order valence-electron chi connectivity index (χ4n) is 4.49. The third-order valence-corrected chi connectivity index (χ3v) is 12.3. The molecule has 0 aliphatic carbocycles. The van der Waals surface area contributed by atoms with E-state index in [1.54, 1.807) is 19.1 Å². The van der Waals surface area contributed by atoms with Crippen LogP contribution in [0.1, 0.15) is 52.2 Å². The Morgan fingerprint density at radius 1 is 1.05 bits per heavy atom. The van der Waals surface area contributed by atoms with Gasteiger partial charge in [0.2, 0.25) is 0 Å². The van der Waals surface area contributed by atoms with E-state index in [4.69, 9.17) is 18.7 Å². The summed E-state index contributed by atoms with van der Waals surface area (Å²) in [6.07, 6.45) is 1.93. The van der Waals surface area contributed by atoms with Crippen molar-refractivity contribution in [1.29, 1.82) is 0 Å². The summed E-state index contributed by atoms with van der Waals surface area (Å²) < 4.78 is 18.8. The number of hydrogen-bond acceptors (Lipinski definition) is 7. The van der Waals surface area contributed by atoms with Crippen molar-refractivity contribution in [2.24, 2.45) is 5.16 Å². The predicted octanol–water partition coefficient (Wildman–Crippen LogP) is 5.56. The van der Waals surface area contributed by atoms with Crippen molar-refractivity contribution < 1.29 is 23.5 Å². The lowest BCUT2D eigenvalue weighted by Gasteiger charge is -2.42. The molecule has 8 nitrogen and oxygen atoms in total. The lowest BCUT2D eigenvalue weighted by Crippen LogP contribution is -2.52. The number of carbonyl (C=O) groups is 1. The number of fused-ring (bicyclic) bond motifs is 1. The van der Waals surface area contributed by atoms with Crippen LogP contribution in [0.2, 0.25) is 18.1 Å². The number of nitrogens with one attached hydrogen (secondary N) is 1. The van der Waals surface area contributed by atoms with Crippen molar-refractivity contribution in [1.82, 2.24) is 10.2 Å². The first kappa shape index (κ1) is 29.1. The first-order valence-corrected chi connectivity index (χ1v) is 16.8. The minimum Gasteiger partial charge on any atom is -0.486 e. The first-order chi connectivity index (χ1) is 18.5. The van der Waals surface area contributed by atoms with Crippen LogP contribution in [0, 0.1) is 0 Å². The van der Waals surface area contributed by atoms with Gasteiger partial charge in [0, 0.05) is 6.54 Å². The average Bonchev–Trinajstić information content (AvgIpc) is 3.43. The van der Waals surface area contributed by atoms with Gasteiger partial charge < -0.3 is 29.0 Å². The predicted molar refractivity (Wildman–Crippen MR) is 156 cm³/mol. The molecule has 2 aliphatic heterocycles. The number of para-hydroxylation sites is 1. The van der Waals surface area contributed by atoms with Gasteiger partial charge in [0.15, 0.2) is 25.6 Å². The van der Waals surface area contributed by atoms with Gasteiger partial charge in [0.05, 0.1) is 12.1 Å². The SMILES string of the molecule is C/C(=N\Oc1ccccc1)C(=O)N[C@H](CN1CCCC1)[C@H](O[Si](C)(C)C(C)(C)C)c1ccc2c(c1)OCCO2. The van der Waals surface area contributed by atoms with Crippen molar-refractivity contribution in [3.8, 4) is 17.2 Å². The van der Waals surface area contributed by atoms with Crippen LogP contribution in [0.15, 0.2) is 53.7 Å². The fraction of sp³-hybridized carbons (Fsp3) is 0.533. The standard InChI is InChI=1S/C30H43N3O5Si/c1-22(32-37-24-12-8-7-9-13-24)29(34)31-25(21-33-16-10-11-17-33)28(38-39(5,6)30(2,3)4)23-14-15-26-27(20-23)36-19-18-35-26/h7-9,12-15,20,25,28H,10-11,16-19,21H2,1-6H3,(H,31,34)/b32-22+/t25-,28-/m1/s1. The summed E-state index contributed by atoms with van der Waals surface area (Å²) in [5, 5.41) is 7.36. The Morgan fingerprint density at radius 2 is 1.72 bits per heavy atom. The van der Waals surface area contributed by atoms with E-state index in [9.17, 15) is 4.79 Å². The van der Waals surface area contributed by atoms with E-state index in [2.05, 4.69) is 49.2 Å². The second-order valence-electron chi connectivity index (χ2n) is 11.9. The third kappa shape index (κ3) is 7.61. The van der Waals surface area contributed by atoms with Crippen LogP contribution in [-0.2, 0) is 9.22 Å². The maximum Gasteiger partial charge on any atom is 0.269 e. The Labute approximate surface area is 233 Å². The molecule has 212 valence electrons. The van der Waals surface area contributed by atoms with E-state index in [0.29, 0.717) is 31.3 Å². The zero-order chi connectivity index (χ0) is 28.0. The van der Waals surface area contributed by atoms with Gasteiger partial charge in [0.25, 0.3) is 5.91 Å². The number of ether oxygens (including phenoxy) is 2. The molecule has 1 N–H and O–H groups in total. The lowest BCUT2D eigenvalue weighted by molar-refractivity contribution is -0.116. The number of amides is 1. The maximum atomic E-state index is 13.5. The molecule has 0 saturated carbocycles. The molecule has 9 heteroatoms. The monoisotopic (exact) mass is 553 g/mol. The van der Waals surface area contributed by atoms with Crippen LogP contribution in [0.4, 0.5) is 0 Å². The summed E-state index contributed by atoms with van der Waals surface area (Å²) in [5.41, 5.74) is 1.21. The number of carbonyl (C=O) groups excluding carboxylic acids is 1. The highest BCUT2D eigenvalue weighted by atomic mass is 28.4. The number of oxime groups is 1. The number of nitrogens with zero attached hydrogens (tertiary/aromatic N) is 2. The summed E-state index contributed by atoms with van der Waals surface area (Å²) in [6.45, 7) is 16.6. The summed E-state index contributed by atoms with van der Waals surface area (Å²) in [7, 11) is -2.24. The van der Waals surface area contributed by atoms with Crippen LogP contribution >= 0.6 is 0 Å². The van der Waals surface area contributed by atoms with Crippen LogP contribution in [-0.4, -0.2) is 63.7 Å². The van der Waals surface area contributed by atoms with Crippen molar-refractivity contribution in [3.05, 3.63) is 54.1 Å². The molecule has 2 heterocycles. The maximum absolute atomic E-state index is 13.5. The van der Waals surface area contributed by atoms with Gasteiger partial charge in [0.1, 0.15) is 18.9 Å².